The van der Waals surface area contributed by atoms with E-state index in [1.807, 2.05) is 4.57 Å². The van der Waals surface area contributed by atoms with E-state index in [1.54, 1.807) is 0 Å². The summed E-state index contributed by atoms with van der Waals surface area (Å²) < 4.78 is 1.85. The predicted octanol–water partition coefficient (Wildman–Crippen LogP) is 1.79. The number of carbonyl (C=O) groups is 2. The zero-order valence-corrected chi connectivity index (χ0v) is 10.6. The van der Waals surface area contributed by atoms with Crippen LogP contribution in [0.1, 0.15) is 27.2 Å². The Hall–Kier alpha value is -0.643. The highest BCUT2D eigenvalue weighted by Crippen LogP contribution is 2.42. The molecule has 0 unspecified atom stereocenters. The molecule has 1 aliphatic rings. The van der Waals surface area contributed by atoms with E-state index in [4.69, 9.17) is 0 Å². The average molecular weight is 213 g/mol. The molecule has 0 spiro atoms. The molecule has 0 aromatic carbocycles. The second-order valence-corrected chi connectivity index (χ2v) is 10.6. The summed E-state index contributed by atoms with van der Waals surface area (Å²) in [5.74, 6) is 0.147. The van der Waals surface area contributed by atoms with Crippen LogP contribution in [0.25, 0.3) is 0 Å². The fraction of sp³-hybridized carbons (Fsp3) is 0.800. The highest BCUT2D eigenvalue weighted by molar-refractivity contribution is 6.80. The van der Waals surface area contributed by atoms with Gasteiger partial charge in [0.05, 0.1) is 12.5 Å². The summed E-state index contributed by atoms with van der Waals surface area (Å²) in [7, 11) is -1.82. The molecule has 4 heteroatoms. The average Bonchev–Trinajstić information content (AvgIpc) is 1.96. The van der Waals surface area contributed by atoms with Crippen molar-refractivity contribution in [2.75, 3.05) is 0 Å². The molecule has 1 atom stereocenters. The van der Waals surface area contributed by atoms with E-state index >= 15 is 0 Å². The van der Waals surface area contributed by atoms with Gasteiger partial charge < -0.3 is 9.36 Å². The Labute approximate surface area is 86.6 Å². The fourth-order valence-corrected chi connectivity index (χ4v) is 4.06. The zero-order valence-electron chi connectivity index (χ0n) is 9.63. The van der Waals surface area contributed by atoms with Crippen LogP contribution in [0, 0.1) is 0 Å². The first-order chi connectivity index (χ1) is 6.21. The second kappa shape index (κ2) is 3.19. The maximum atomic E-state index is 11.5. The van der Waals surface area contributed by atoms with Crippen LogP contribution < -0.4 is 0 Å². The Morgan fingerprint density at radius 1 is 1.43 bits per heavy atom. The molecule has 3 nitrogen and oxygen atoms in total. The van der Waals surface area contributed by atoms with Crippen molar-refractivity contribution in [2.24, 2.45) is 0 Å². The Bertz CT molecular complexity index is 268. The molecule has 0 radical (unpaired) electrons. The summed E-state index contributed by atoms with van der Waals surface area (Å²) in [6.45, 7) is 10.7. The van der Waals surface area contributed by atoms with Crippen molar-refractivity contribution < 1.29 is 9.59 Å². The van der Waals surface area contributed by atoms with Gasteiger partial charge in [-0.1, -0.05) is 33.9 Å². The number of aldehydes is 1. The van der Waals surface area contributed by atoms with Crippen LogP contribution in [0.4, 0.5) is 0 Å². The molecule has 1 amide bonds. The van der Waals surface area contributed by atoms with Crippen molar-refractivity contribution in [1.29, 1.82) is 0 Å². The van der Waals surface area contributed by atoms with Crippen molar-refractivity contribution in [3.05, 3.63) is 0 Å². The van der Waals surface area contributed by atoms with Gasteiger partial charge in [-0.05, 0) is 5.04 Å². The number of hydrogen-bond donors (Lipinski definition) is 0. The van der Waals surface area contributed by atoms with E-state index in [0.29, 0.717) is 6.42 Å². The lowest BCUT2D eigenvalue weighted by Crippen LogP contribution is -2.68. The Morgan fingerprint density at radius 2 is 1.93 bits per heavy atom. The zero-order chi connectivity index (χ0) is 11.1. The quantitative estimate of drug-likeness (QED) is 0.398. The summed E-state index contributed by atoms with van der Waals surface area (Å²) in [6.07, 6.45) is 1.32. The van der Waals surface area contributed by atoms with Crippen molar-refractivity contribution in [2.45, 2.75) is 51.4 Å². The lowest BCUT2D eigenvalue weighted by Gasteiger charge is -2.53. The first kappa shape index (κ1) is 11.4. The van der Waals surface area contributed by atoms with Crippen molar-refractivity contribution in [1.82, 2.24) is 4.57 Å². The van der Waals surface area contributed by atoms with Crippen molar-refractivity contribution in [3.63, 3.8) is 0 Å². The van der Waals surface area contributed by atoms with Crippen LogP contribution in [-0.2, 0) is 9.59 Å². The smallest absolute Gasteiger partial charge is 0.217 e. The number of carbonyl (C=O) groups excluding carboxylic acids is 2. The van der Waals surface area contributed by atoms with Crippen LogP contribution in [-0.4, -0.2) is 31.0 Å². The van der Waals surface area contributed by atoms with Crippen molar-refractivity contribution in [3.8, 4) is 0 Å². The molecule has 0 bridgehead atoms. The van der Waals surface area contributed by atoms with Crippen LogP contribution >= 0.6 is 0 Å². The van der Waals surface area contributed by atoms with Gasteiger partial charge in [-0.2, -0.15) is 0 Å². The van der Waals surface area contributed by atoms with Gasteiger partial charge in [-0.15, -0.1) is 0 Å². The molecular formula is C10H19NO2Si. The molecule has 0 aromatic rings. The van der Waals surface area contributed by atoms with Gasteiger partial charge in [0.1, 0.15) is 6.29 Å². The number of β-lactam (4-membered cyclic amide) rings is 1. The first-order valence-corrected chi connectivity index (χ1v) is 7.94. The first-order valence-electron chi connectivity index (χ1n) is 4.99. The van der Waals surface area contributed by atoms with E-state index in [0.717, 1.165) is 6.29 Å². The minimum atomic E-state index is -1.82. The maximum absolute atomic E-state index is 11.5. The lowest BCUT2D eigenvalue weighted by atomic mass is 10.1. The molecule has 1 fully saturated rings. The third-order valence-electron chi connectivity index (χ3n) is 3.58. The van der Waals surface area contributed by atoms with Crippen LogP contribution in [0.2, 0.25) is 18.1 Å². The number of rotatable bonds is 2. The molecule has 1 aliphatic heterocycles. The van der Waals surface area contributed by atoms with E-state index in [2.05, 4.69) is 33.9 Å². The highest BCUT2D eigenvalue weighted by Gasteiger charge is 2.51. The van der Waals surface area contributed by atoms with Crippen LogP contribution in [0.3, 0.4) is 0 Å². The summed E-state index contributed by atoms with van der Waals surface area (Å²) >= 11 is 0. The van der Waals surface area contributed by atoms with Gasteiger partial charge in [0, 0.05) is 0 Å². The monoisotopic (exact) mass is 213 g/mol. The van der Waals surface area contributed by atoms with E-state index in [9.17, 15) is 9.59 Å². The topological polar surface area (TPSA) is 37.4 Å². The molecule has 1 saturated heterocycles. The van der Waals surface area contributed by atoms with Gasteiger partial charge in [-0.25, -0.2) is 0 Å². The largest absolute Gasteiger partial charge is 0.359 e. The fourth-order valence-electron chi connectivity index (χ4n) is 1.64. The summed E-state index contributed by atoms with van der Waals surface area (Å²) in [5.41, 5.74) is 0. The molecule has 0 aromatic heterocycles. The van der Waals surface area contributed by atoms with E-state index < -0.39 is 8.24 Å². The molecule has 80 valence electrons. The summed E-state index contributed by atoms with van der Waals surface area (Å²) in [5, 5.41) is 0.115. The molecule has 0 aliphatic carbocycles. The normalized spacial score (nSPS) is 23.4. The van der Waals surface area contributed by atoms with Gasteiger partial charge in [0.2, 0.25) is 5.91 Å². The van der Waals surface area contributed by atoms with Crippen LogP contribution in [0.5, 0.6) is 0 Å². The van der Waals surface area contributed by atoms with E-state index in [-0.39, 0.29) is 17.0 Å². The van der Waals surface area contributed by atoms with Crippen LogP contribution in [0.15, 0.2) is 0 Å². The van der Waals surface area contributed by atoms with E-state index in [1.165, 1.54) is 0 Å². The molecule has 14 heavy (non-hydrogen) atoms. The molecule has 1 rings (SSSR count). The summed E-state index contributed by atoms with van der Waals surface area (Å²) in [6, 6.07) is -0.150. The van der Waals surface area contributed by atoms with Gasteiger partial charge in [0.15, 0.2) is 8.24 Å². The highest BCUT2D eigenvalue weighted by atomic mass is 28.3. The number of nitrogens with zero attached hydrogens (tertiary/aromatic N) is 1. The number of hydrogen-bond acceptors (Lipinski definition) is 2. The Balaban J connectivity index is 2.92. The van der Waals surface area contributed by atoms with Gasteiger partial charge in [-0.3, -0.25) is 4.79 Å². The predicted molar refractivity (Wildman–Crippen MR) is 58.5 cm³/mol. The molecule has 0 saturated carbocycles. The minimum absolute atomic E-state index is 0.115. The SMILES string of the molecule is CC(C)(C)[Si](C)(C)N1C(=O)C[C@H]1C=O. The second-order valence-electron chi connectivity index (χ2n) is 5.48. The third kappa shape index (κ3) is 1.51. The van der Waals surface area contributed by atoms with Crippen molar-refractivity contribution >= 4 is 20.4 Å². The molecular weight excluding hydrogens is 194 g/mol. The molecule has 0 N–H and O–H groups in total. The maximum Gasteiger partial charge on any atom is 0.217 e. The third-order valence-corrected chi connectivity index (χ3v) is 9.04. The Kier molecular flexibility index (Phi) is 2.60. The van der Waals surface area contributed by atoms with Gasteiger partial charge >= 0.3 is 0 Å². The Morgan fingerprint density at radius 3 is 2.21 bits per heavy atom. The number of amides is 1. The van der Waals surface area contributed by atoms with Gasteiger partial charge in [0.25, 0.3) is 0 Å². The standard InChI is InChI=1S/C10H19NO2Si/c1-10(2,3)14(4,5)11-8(7-12)6-9(11)13/h7-8H,6H2,1-5H3/t8-/m0/s1. The lowest BCUT2D eigenvalue weighted by molar-refractivity contribution is -0.142. The molecule has 1 heterocycles. The minimum Gasteiger partial charge on any atom is -0.359 e. The summed E-state index contributed by atoms with van der Waals surface area (Å²) in [4.78, 5) is 22.2.